The van der Waals surface area contributed by atoms with Gasteiger partial charge in [-0.2, -0.15) is 0 Å². The molecule has 0 spiro atoms. The van der Waals surface area contributed by atoms with Crippen LogP contribution in [0.1, 0.15) is 18.1 Å². The first-order valence-corrected chi connectivity index (χ1v) is 6.61. The van der Waals surface area contributed by atoms with Crippen LogP contribution >= 0.6 is 0 Å². The first-order valence-electron chi connectivity index (χ1n) is 6.61. The molecular weight excluding hydrogens is 236 g/mol. The molecule has 2 nitrogen and oxygen atoms in total. The van der Waals surface area contributed by atoms with Gasteiger partial charge in [0.1, 0.15) is 6.10 Å². The number of fused-ring (bicyclic) bond motifs is 2. The van der Waals surface area contributed by atoms with E-state index in [9.17, 15) is 0 Å². The highest BCUT2D eigenvalue weighted by molar-refractivity contribution is 5.99. The molecule has 1 unspecified atom stereocenters. The lowest BCUT2D eigenvalue weighted by atomic mass is 9.96. The predicted octanol–water partition coefficient (Wildman–Crippen LogP) is 4.39. The standard InChI is InChI=1S/C17H14O2/c1-2-5-13-11-16-14(10-12(13)4-1)6-3-7-15(16)17-8-9-18-19-17/h1-7,10-11,17H,8-9H2. The van der Waals surface area contributed by atoms with Crippen LogP contribution in [0, 0.1) is 0 Å². The van der Waals surface area contributed by atoms with Crippen LogP contribution in [-0.4, -0.2) is 6.61 Å². The van der Waals surface area contributed by atoms with Crippen LogP contribution in [0.15, 0.2) is 54.6 Å². The van der Waals surface area contributed by atoms with Crippen molar-refractivity contribution in [3.05, 3.63) is 60.2 Å². The van der Waals surface area contributed by atoms with E-state index in [0.29, 0.717) is 6.61 Å². The molecule has 1 saturated heterocycles. The minimum atomic E-state index is 0.0601. The number of benzene rings is 3. The summed E-state index contributed by atoms with van der Waals surface area (Å²) < 4.78 is 0. The molecule has 1 heterocycles. The Morgan fingerprint density at radius 1 is 0.842 bits per heavy atom. The van der Waals surface area contributed by atoms with Crippen LogP contribution in [0.3, 0.4) is 0 Å². The Kier molecular flexibility index (Phi) is 2.50. The lowest BCUT2D eigenvalue weighted by Crippen LogP contribution is -1.96. The van der Waals surface area contributed by atoms with E-state index in [1.165, 1.54) is 27.1 Å². The highest BCUT2D eigenvalue weighted by Crippen LogP contribution is 2.34. The van der Waals surface area contributed by atoms with Crippen molar-refractivity contribution in [1.82, 2.24) is 0 Å². The van der Waals surface area contributed by atoms with Crippen molar-refractivity contribution in [2.75, 3.05) is 6.61 Å². The van der Waals surface area contributed by atoms with Gasteiger partial charge in [-0.05, 0) is 39.2 Å². The lowest BCUT2D eigenvalue weighted by Gasteiger charge is -2.12. The van der Waals surface area contributed by atoms with E-state index in [1.807, 2.05) is 0 Å². The van der Waals surface area contributed by atoms with Crippen LogP contribution in [0.5, 0.6) is 0 Å². The zero-order valence-electron chi connectivity index (χ0n) is 10.5. The minimum absolute atomic E-state index is 0.0601. The molecule has 94 valence electrons. The van der Waals surface area contributed by atoms with Gasteiger partial charge in [0, 0.05) is 6.42 Å². The van der Waals surface area contributed by atoms with Gasteiger partial charge in [0.15, 0.2) is 0 Å². The van der Waals surface area contributed by atoms with Gasteiger partial charge in [-0.3, -0.25) is 0 Å². The topological polar surface area (TPSA) is 18.5 Å². The second-order valence-corrected chi connectivity index (χ2v) is 4.96. The molecule has 3 aromatic rings. The van der Waals surface area contributed by atoms with Gasteiger partial charge in [-0.25, -0.2) is 9.78 Å². The van der Waals surface area contributed by atoms with Gasteiger partial charge >= 0.3 is 0 Å². The molecule has 1 atom stereocenters. The molecule has 1 fully saturated rings. The van der Waals surface area contributed by atoms with Crippen molar-refractivity contribution in [2.24, 2.45) is 0 Å². The van der Waals surface area contributed by atoms with Crippen molar-refractivity contribution in [2.45, 2.75) is 12.5 Å². The first-order chi connectivity index (χ1) is 9.42. The number of hydrogen-bond donors (Lipinski definition) is 0. The van der Waals surface area contributed by atoms with E-state index in [4.69, 9.17) is 9.78 Å². The zero-order valence-corrected chi connectivity index (χ0v) is 10.5. The van der Waals surface area contributed by atoms with Gasteiger partial charge in [-0.1, -0.05) is 42.5 Å². The molecule has 0 bridgehead atoms. The van der Waals surface area contributed by atoms with Crippen LogP contribution in [0.4, 0.5) is 0 Å². The molecular formula is C17H14O2. The quantitative estimate of drug-likeness (QED) is 0.471. The average molecular weight is 250 g/mol. The Labute approximate surface area is 111 Å². The molecule has 4 rings (SSSR count). The highest BCUT2D eigenvalue weighted by Gasteiger charge is 2.21. The molecule has 2 heteroatoms. The van der Waals surface area contributed by atoms with E-state index >= 15 is 0 Å². The van der Waals surface area contributed by atoms with Crippen molar-refractivity contribution in [3.63, 3.8) is 0 Å². The fourth-order valence-corrected chi connectivity index (χ4v) is 2.81. The summed E-state index contributed by atoms with van der Waals surface area (Å²) >= 11 is 0. The summed E-state index contributed by atoms with van der Waals surface area (Å²) in [6.07, 6.45) is 0.983. The summed E-state index contributed by atoms with van der Waals surface area (Å²) in [7, 11) is 0. The fraction of sp³-hybridized carbons (Fsp3) is 0.176. The second-order valence-electron chi connectivity index (χ2n) is 4.96. The van der Waals surface area contributed by atoms with E-state index < -0.39 is 0 Å². The Morgan fingerprint density at radius 2 is 1.63 bits per heavy atom. The van der Waals surface area contributed by atoms with E-state index in [0.717, 1.165) is 6.42 Å². The fourth-order valence-electron chi connectivity index (χ4n) is 2.81. The van der Waals surface area contributed by atoms with Crippen molar-refractivity contribution in [3.8, 4) is 0 Å². The van der Waals surface area contributed by atoms with Crippen LogP contribution in [-0.2, 0) is 9.78 Å². The Bertz CT molecular complexity index is 742. The minimum Gasteiger partial charge on any atom is -0.236 e. The van der Waals surface area contributed by atoms with Crippen molar-refractivity contribution >= 4 is 21.5 Å². The normalized spacial score (nSPS) is 19.3. The van der Waals surface area contributed by atoms with Crippen LogP contribution in [0.25, 0.3) is 21.5 Å². The lowest BCUT2D eigenvalue weighted by molar-refractivity contribution is -0.276. The molecule has 3 aromatic carbocycles. The van der Waals surface area contributed by atoms with E-state index in [-0.39, 0.29) is 6.10 Å². The first kappa shape index (κ1) is 11.0. The molecule has 1 aliphatic heterocycles. The monoisotopic (exact) mass is 250 g/mol. The summed E-state index contributed by atoms with van der Waals surface area (Å²) in [6.45, 7) is 0.675. The largest absolute Gasteiger partial charge is 0.236 e. The Morgan fingerprint density at radius 3 is 2.42 bits per heavy atom. The maximum absolute atomic E-state index is 5.36. The van der Waals surface area contributed by atoms with Gasteiger partial charge in [0.05, 0.1) is 6.61 Å². The summed E-state index contributed by atoms with van der Waals surface area (Å²) in [5, 5.41) is 5.06. The van der Waals surface area contributed by atoms with Gasteiger partial charge in [0.25, 0.3) is 0 Å². The third kappa shape index (κ3) is 1.81. The molecule has 0 radical (unpaired) electrons. The molecule has 0 amide bonds. The molecule has 0 aromatic heterocycles. The van der Waals surface area contributed by atoms with Crippen molar-refractivity contribution < 1.29 is 9.78 Å². The van der Waals surface area contributed by atoms with E-state index in [1.54, 1.807) is 0 Å². The number of rotatable bonds is 1. The van der Waals surface area contributed by atoms with Crippen molar-refractivity contribution in [1.29, 1.82) is 0 Å². The molecule has 0 N–H and O–H groups in total. The summed E-state index contributed by atoms with van der Waals surface area (Å²) in [6, 6.07) is 19.3. The Hall–Kier alpha value is -1.90. The molecule has 19 heavy (non-hydrogen) atoms. The maximum atomic E-state index is 5.36. The Balaban J connectivity index is 2.00. The van der Waals surface area contributed by atoms with Crippen LogP contribution < -0.4 is 0 Å². The summed E-state index contributed by atoms with van der Waals surface area (Å²) in [4.78, 5) is 10.4. The molecule has 1 aliphatic rings. The van der Waals surface area contributed by atoms with E-state index in [2.05, 4.69) is 54.6 Å². The molecule has 0 aliphatic carbocycles. The van der Waals surface area contributed by atoms with Crippen LogP contribution in [0.2, 0.25) is 0 Å². The molecule has 0 saturated carbocycles. The summed E-state index contributed by atoms with van der Waals surface area (Å²) in [5.74, 6) is 0. The SMILES string of the molecule is c1ccc2cc3c(C4CCOO4)cccc3cc2c1. The predicted molar refractivity (Wildman–Crippen MR) is 75.8 cm³/mol. The maximum Gasteiger partial charge on any atom is 0.121 e. The highest BCUT2D eigenvalue weighted by atomic mass is 17.2. The zero-order chi connectivity index (χ0) is 12.7. The third-order valence-corrected chi connectivity index (χ3v) is 3.77. The number of hydrogen-bond acceptors (Lipinski definition) is 2. The van der Waals surface area contributed by atoms with Gasteiger partial charge in [-0.15, -0.1) is 0 Å². The van der Waals surface area contributed by atoms with Gasteiger partial charge in [0.2, 0.25) is 0 Å². The van der Waals surface area contributed by atoms with Gasteiger partial charge < -0.3 is 0 Å². The second kappa shape index (κ2) is 4.34. The summed E-state index contributed by atoms with van der Waals surface area (Å²) in [5.41, 5.74) is 1.22. The average Bonchev–Trinajstić information content (AvgIpc) is 2.98. The smallest absolute Gasteiger partial charge is 0.121 e. The third-order valence-electron chi connectivity index (χ3n) is 3.77.